The van der Waals surface area contributed by atoms with Crippen molar-refractivity contribution in [2.75, 3.05) is 0 Å². The molecule has 0 aromatic heterocycles. The Bertz CT molecular complexity index is 764. The van der Waals surface area contributed by atoms with Crippen LogP contribution in [0.5, 0.6) is 0 Å². The smallest absolute Gasteiger partial charge is 0.166 e. The normalized spacial score (nSPS) is 27.3. The van der Waals surface area contributed by atoms with Crippen molar-refractivity contribution in [1.82, 2.24) is 0 Å². The lowest BCUT2D eigenvalue weighted by molar-refractivity contribution is 0.0745. The summed E-state index contributed by atoms with van der Waals surface area (Å²) >= 11 is 6.02. The van der Waals surface area contributed by atoms with Gasteiger partial charge >= 0.3 is 0 Å². The van der Waals surface area contributed by atoms with Gasteiger partial charge in [-0.15, -0.1) is 0 Å². The second kappa shape index (κ2) is 9.06. The first-order chi connectivity index (χ1) is 13.1. The Morgan fingerprint density at radius 2 is 1.63 bits per heavy atom. The number of ketones is 1. The van der Waals surface area contributed by atoms with Crippen molar-refractivity contribution < 1.29 is 4.79 Å². The van der Waals surface area contributed by atoms with Gasteiger partial charge < -0.3 is 0 Å². The van der Waals surface area contributed by atoms with Gasteiger partial charge in [0.1, 0.15) is 0 Å². The minimum absolute atomic E-state index is 0.219. The minimum Gasteiger partial charge on any atom is -0.294 e. The summed E-state index contributed by atoms with van der Waals surface area (Å²) < 4.78 is 0. The molecule has 0 spiro atoms. The number of Topliss-reactive ketones (excluding diaryl/α,β-unsaturated/α-hetero) is 1. The highest BCUT2D eigenvalue weighted by Crippen LogP contribution is 2.45. The van der Waals surface area contributed by atoms with E-state index < -0.39 is 0 Å². The Morgan fingerprint density at radius 3 is 2.33 bits per heavy atom. The summed E-state index contributed by atoms with van der Waals surface area (Å²) in [5.74, 6) is 2.34. The average molecular weight is 383 g/mol. The number of aryl methyl sites for hydroxylation is 1. The molecule has 4 unspecified atom stereocenters. The van der Waals surface area contributed by atoms with Gasteiger partial charge in [-0.1, -0.05) is 68.8 Å². The van der Waals surface area contributed by atoms with Crippen LogP contribution >= 0.6 is 11.6 Å². The predicted molar refractivity (Wildman–Crippen MR) is 115 cm³/mol. The summed E-state index contributed by atoms with van der Waals surface area (Å²) in [5.41, 5.74) is 3.62. The van der Waals surface area contributed by atoms with Gasteiger partial charge in [0.05, 0.1) is 0 Å². The van der Waals surface area contributed by atoms with Gasteiger partial charge in [-0.3, -0.25) is 4.79 Å². The molecule has 2 aliphatic carbocycles. The fourth-order valence-corrected chi connectivity index (χ4v) is 5.21. The molecule has 4 atom stereocenters. The molecule has 2 aliphatic rings. The zero-order chi connectivity index (χ0) is 19.4. The monoisotopic (exact) mass is 382 g/mol. The van der Waals surface area contributed by atoms with Gasteiger partial charge in [-0.2, -0.15) is 0 Å². The molecule has 1 saturated carbocycles. The second-order valence-electron chi connectivity index (χ2n) is 7.87. The van der Waals surface area contributed by atoms with Crippen LogP contribution in [0.4, 0.5) is 0 Å². The third-order valence-electron chi connectivity index (χ3n) is 6.44. The Hall–Kier alpha value is -1.60. The van der Waals surface area contributed by atoms with Crippen LogP contribution in [0.1, 0.15) is 73.9 Å². The van der Waals surface area contributed by atoms with Gasteiger partial charge in [0.2, 0.25) is 0 Å². The van der Waals surface area contributed by atoms with Crippen LogP contribution in [0, 0.1) is 17.8 Å². The second-order valence-corrected chi connectivity index (χ2v) is 8.31. The molecule has 2 aromatic rings. The first kappa shape index (κ1) is 20.1. The number of fused-ring (bicyclic) bond motifs is 1. The van der Waals surface area contributed by atoms with E-state index in [2.05, 4.69) is 25.1 Å². The predicted octanol–water partition coefficient (Wildman–Crippen LogP) is 7.33. The minimum atomic E-state index is 0.219. The molecular weight excluding hydrogens is 352 g/mol. The van der Waals surface area contributed by atoms with Crippen molar-refractivity contribution in [3.8, 4) is 0 Å². The molecule has 2 heteroatoms. The fraction of sp³-hybridized carbons (Fsp3) is 0.480. The van der Waals surface area contributed by atoms with Crippen molar-refractivity contribution in [3.05, 3.63) is 70.2 Å². The summed E-state index contributed by atoms with van der Waals surface area (Å²) in [6.07, 6.45) is 5.60. The van der Waals surface area contributed by atoms with Gasteiger partial charge in [-0.25, -0.2) is 0 Å². The Balaban J connectivity index is 0.00000102. The van der Waals surface area contributed by atoms with Gasteiger partial charge in [-0.05, 0) is 73.1 Å². The van der Waals surface area contributed by atoms with E-state index in [9.17, 15) is 4.79 Å². The van der Waals surface area contributed by atoms with Crippen LogP contribution in [-0.4, -0.2) is 5.78 Å². The summed E-state index contributed by atoms with van der Waals surface area (Å²) in [4.78, 5) is 13.0. The highest BCUT2D eigenvalue weighted by Gasteiger charge is 2.39. The Kier molecular flexibility index (Phi) is 6.76. The lowest BCUT2D eigenvalue weighted by atomic mass is 9.64. The average Bonchev–Trinajstić information content (AvgIpc) is 2.71. The van der Waals surface area contributed by atoms with Gasteiger partial charge in [0, 0.05) is 16.5 Å². The van der Waals surface area contributed by atoms with Crippen LogP contribution in [0.3, 0.4) is 0 Å². The van der Waals surface area contributed by atoms with Crippen molar-refractivity contribution in [3.63, 3.8) is 0 Å². The van der Waals surface area contributed by atoms with Crippen LogP contribution in [0.25, 0.3) is 0 Å². The van der Waals surface area contributed by atoms with Crippen molar-refractivity contribution >= 4 is 17.4 Å². The van der Waals surface area contributed by atoms with Crippen molar-refractivity contribution in [1.29, 1.82) is 0 Å². The topological polar surface area (TPSA) is 17.1 Å². The molecule has 0 radical (unpaired) electrons. The zero-order valence-corrected chi connectivity index (χ0v) is 17.5. The number of carbonyl (C=O) groups is 1. The fourth-order valence-electron chi connectivity index (χ4n) is 5.08. The highest BCUT2D eigenvalue weighted by molar-refractivity contribution is 6.30. The van der Waals surface area contributed by atoms with E-state index in [0.717, 1.165) is 29.8 Å². The van der Waals surface area contributed by atoms with E-state index in [1.54, 1.807) is 0 Å². The SMILES string of the molecule is CC.CC1CC(c2ccc(Cl)cc2)CCC1C1CCc2ccccc2C1=O. The van der Waals surface area contributed by atoms with E-state index in [1.807, 2.05) is 44.2 Å². The van der Waals surface area contributed by atoms with Crippen LogP contribution in [0.2, 0.25) is 5.02 Å². The lowest BCUT2D eigenvalue weighted by Crippen LogP contribution is -2.35. The molecule has 1 fully saturated rings. The number of benzene rings is 2. The molecule has 0 bridgehead atoms. The lowest BCUT2D eigenvalue weighted by Gasteiger charge is -2.40. The summed E-state index contributed by atoms with van der Waals surface area (Å²) in [7, 11) is 0. The number of rotatable bonds is 2. The number of hydrogen-bond acceptors (Lipinski definition) is 1. The maximum atomic E-state index is 13.0. The Labute approximate surface area is 169 Å². The number of hydrogen-bond donors (Lipinski definition) is 0. The van der Waals surface area contributed by atoms with Crippen molar-refractivity contribution in [2.45, 2.75) is 58.8 Å². The number of carbonyl (C=O) groups excluding carboxylic acids is 1. The maximum Gasteiger partial charge on any atom is 0.166 e. The van der Waals surface area contributed by atoms with E-state index in [4.69, 9.17) is 11.6 Å². The molecule has 0 saturated heterocycles. The maximum absolute atomic E-state index is 13.0. The molecule has 0 heterocycles. The molecular formula is C25H31ClO. The third-order valence-corrected chi connectivity index (χ3v) is 6.69. The van der Waals surface area contributed by atoms with Crippen LogP contribution < -0.4 is 0 Å². The molecule has 4 rings (SSSR count). The zero-order valence-electron chi connectivity index (χ0n) is 16.7. The largest absolute Gasteiger partial charge is 0.294 e. The van der Waals surface area contributed by atoms with Gasteiger partial charge in [0.15, 0.2) is 5.78 Å². The molecule has 1 nitrogen and oxygen atoms in total. The first-order valence-corrected chi connectivity index (χ1v) is 10.9. The first-order valence-electron chi connectivity index (χ1n) is 10.5. The third kappa shape index (κ3) is 4.29. The van der Waals surface area contributed by atoms with Crippen LogP contribution in [-0.2, 0) is 6.42 Å². The summed E-state index contributed by atoms with van der Waals surface area (Å²) in [5, 5.41) is 0.803. The standard InChI is InChI=1S/C23H25ClO.C2H6/c1-15-14-18(16-6-10-19(24)11-7-16)9-12-20(15)22-13-8-17-4-2-3-5-21(17)23(22)25;1-2/h2-7,10-11,15,18,20,22H,8-9,12-14H2,1H3;1-2H3. The Morgan fingerprint density at radius 1 is 0.926 bits per heavy atom. The van der Waals surface area contributed by atoms with E-state index in [-0.39, 0.29) is 5.92 Å². The molecule has 0 aliphatic heterocycles. The highest BCUT2D eigenvalue weighted by atomic mass is 35.5. The molecule has 144 valence electrons. The molecule has 27 heavy (non-hydrogen) atoms. The molecule has 0 N–H and O–H groups in total. The summed E-state index contributed by atoms with van der Waals surface area (Å²) in [6.45, 7) is 6.35. The van der Waals surface area contributed by atoms with E-state index in [0.29, 0.717) is 23.5 Å². The van der Waals surface area contributed by atoms with Crippen LogP contribution in [0.15, 0.2) is 48.5 Å². The quantitative estimate of drug-likeness (QED) is 0.531. The number of halogens is 1. The molecule has 0 amide bonds. The molecule has 2 aromatic carbocycles. The summed E-state index contributed by atoms with van der Waals surface area (Å²) in [6, 6.07) is 16.5. The van der Waals surface area contributed by atoms with E-state index in [1.165, 1.54) is 24.0 Å². The van der Waals surface area contributed by atoms with Gasteiger partial charge in [0.25, 0.3) is 0 Å². The van der Waals surface area contributed by atoms with E-state index >= 15 is 0 Å². The van der Waals surface area contributed by atoms with Crippen molar-refractivity contribution in [2.24, 2.45) is 17.8 Å².